The van der Waals surface area contributed by atoms with Crippen LogP contribution in [0.3, 0.4) is 0 Å². The molecule has 1 N–H and O–H groups in total. The number of thiophene rings is 1. The Morgan fingerprint density at radius 1 is 1.00 bits per heavy atom. The van der Waals surface area contributed by atoms with Gasteiger partial charge < -0.3 is 10.1 Å². The van der Waals surface area contributed by atoms with Crippen LogP contribution >= 0.6 is 11.3 Å². The molecule has 194 valence electrons. The number of amides is 1. The van der Waals surface area contributed by atoms with E-state index in [1.165, 1.54) is 29.5 Å². The standard InChI is InChI=1S/C29H24F3N3O2S/c1-17(2)37-29-23(15-33)22(14-21(35-29)9-5-18-3-7-20(30)8-4-18)26-11-12-27(38-26)28(36)34-16-19-6-10-24(31)25(32)13-19/h3-4,6-8,10-14,17H,5,9,16H2,1-2H3,(H,34,36). The molecular weight excluding hydrogens is 511 g/mol. The maximum absolute atomic E-state index is 13.5. The number of aryl methyl sites for hydroxylation is 2. The van der Waals surface area contributed by atoms with Gasteiger partial charge in [0.15, 0.2) is 11.6 Å². The van der Waals surface area contributed by atoms with Gasteiger partial charge in [-0.2, -0.15) is 5.26 Å². The number of pyridine rings is 1. The lowest BCUT2D eigenvalue weighted by atomic mass is 10.0. The van der Waals surface area contributed by atoms with Crippen LogP contribution in [0.1, 0.15) is 45.9 Å². The average molecular weight is 536 g/mol. The molecule has 1 amide bonds. The number of ether oxygens (including phenoxy) is 1. The minimum absolute atomic E-state index is 0.0296. The number of nitrogens with one attached hydrogen (secondary N) is 1. The van der Waals surface area contributed by atoms with Crippen LogP contribution < -0.4 is 10.1 Å². The number of nitriles is 1. The number of hydrogen-bond acceptors (Lipinski definition) is 5. The molecule has 4 rings (SSSR count). The normalized spacial score (nSPS) is 10.9. The van der Waals surface area contributed by atoms with Crippen LogP contribution in [-0.4, -0.2) is 17.0 Å². The van der Waals surface area contributed by atoms with E-state index in [9.17, 15) is 23.2 Å². The Labute approximate surface area is 222 Å². The van der Waals surface area contributed by atoms with Gasteiger partial charge in [-0.3, -0.25) is 4.79 Å². The summed E-state index contributed by atoms with van der Waals surface area (Å²) < 4.78 is 45.7. The Balaban J connectivity index is 1.58. The van der Waals surface area contributed by atoms with E-state index in [4.69, 9.17) is 4.74 Å². The summed E-state index contributed by atoms with van der Waals surface area (Å²) in [5, 5.41) is 12.6. The fourth-order valence-electron chi connectivity index (χ4n) is 3.76. The molecule has 2 aromatic carbocycles. The van der Waals surface area contributed by atoms with Crippen molar-refractivity contribution in [1.82, 2.24) is 10.3 Å². The molecule has 0 aliphatic carbocycles. The molecule has 0 atom stereocenters. The maximum atomic E-state index is 13.5. The van der Waals surface area contributed by atoms with Gasteiger partial charge in [-0.1, -0.05) is 18.2 Å². The first kappa shape index (κ1) is 26.9. The number of carbonyl (C=O) groups is 1. The van der Waals surface area contributed by atoms with Crippen LogP contribution in [0.5, 0.6) is 5.88 Å². The molecule has 0 radical (unpaired) electrons. The van der Waals surface area contributed by atoms with E-state index in [0.29, 0.717) is 39.4 Å². The topological polar surface area (TPSA) is 75.0 Å². The molecule has 9 heteroatoms. The molecule has 2 heterocycles. The minimum Gasteiger partial charge on any atom is -0.474 e. The number of halogens is 3. The summed E-state index contributed by atoms with van der Waals surface area (Å²) in [5.41, 5.74) is 2.92. The van der Waals surface area contributed by atoms with E-state index in [1.807, 2.05) is 19.9 Å². The van der Waals surface area contributed by atoms with Gasteiger partial charge in [0, 0.05) is 22.7 Å². The molecule has 0 unspecified atom stereocenters. The molecule has 0 bridgehead atoms. The molecule has 38 heavy (non-hydrogen) atoms. The lowest BCUT2D eigenvalue weighted by Crippen LogP contribution is -2.21. The first-order valence-electron chi connectivity index (χ1n) is 11.9. The van der Waals surface area contributed by atoms with E-state index in [1.54, 1.807) is 24.3 Å². The van der Waals surface area contributed by atoms with Crippen molar-refractivity contribution in [2.24, 2.45) is 0 Å². The molecule has 4 aromatic rings. The van der Waals surface area contributed by atoms with Crippen LogP contribution in [0.2, 0.25) is 0 Å². The minimum atomic E-state index is -0.980. The molecule has 5 nitrogen and oxygen atoms in total. The number of hydrogen-bond donors (Lipinski definition) is 1. The molecule has 0 saturated carbocycles. The Hall–Kier alpha value is -4.16. The third kappa shape index (κ3) is 6.58. The monoisotopic (exact) mass is 535 g/mol. The van der Waals surface area contributed by atoms with Crippen molar-refractivity contribution in [3.63, 3.8) is 0 Å². The molecular formula is C29H24F3N3O2S. The first-order chi connectivity index (χ1) is 18.2. The second-order valence-corrected chi connectivity index (χ2v) is 9.92. The molecule has 0 spiro atoms. The summed E-state index contributed by atoms with van der Waals surface area (Å²) in [5.74, 6) is -2.40. The molecule has 2 aromatic heterocycles. The Kier molecular flexibility index (Phi) is 8.44. The summed E-state index contributed by atoms with van der Waals surface area (Å²) in [6.07, 6.45) is 0.934. The van der Waals surface area contributed by atoms with Crippen molar-refractivity contribution in [1.29, 1.82) is 5.26 Å². The maximum Gasteiger partial charge on any atom is 0.261 e. The van der Waals surface area contributed by atoms with Crippen molar-refractivity contribution in [2.75, 3.05) is 0 Å². The second-order valence-electron chi connectivity index (χ2n) is 8.84. The van der Waals surface area contributed by atoms with Crippen molar-refractivity contribution >= 4 is 17.2 Å². The lowest BCUT2D eigenvalue weighted by Gasteiger charge is -2.14. The van der Waals surface area contributed by atoms with Crippen LogP contribution in [0.15, 0.2) is 60.7 Å². The van der Waals surface area contributed by atoms with Gasteiger partial charge in [0.25, 0.3) is 5.91 Å². The van der Waals surface area contributed by atoms with Gasteiger partial charge in [-0.25, -0.2) is 18.2 Å². The quantitative estimate of drug-likeness (QED) is 0.262. The number of benzene rings is 2. The fraction of sp³-hybridized carbons (Fsp3) is 0.207. The number of aromatic nitrogens is 1. The van der Waals surface area contributed by atoms with Crippen LogP contribution in [0.4, 0.5) is 13.2 Å². The van der Waals surface area contributed by atoms with E-state index < -0.39 is 11.6 Å². The largest absolute Gasteiger partial charge is 0.474 e. The summed E-state index contributed by atoms with van der Waals surface area (Å²) in [6.45, 7) is 3.71. The smallest absolute Gasteiger partial charge is 0.261 e. The number of nitrogens with zero attached hydrogens (tertiary/aromatic N) is 2. The van der Waals surface area contributed by atoms with Crippen molar-refractivity contribution < 1.29 is 22.7 Å². The third-order valence-corrected chi connectivity index (χ3v) is 6.73. The van der Waals surface area contributed by atoms with Crippen molar-refractivity contribution in [3.05, 3.63) is 105 Å². The van der Waals surface area contributed by atoms with Crippen LogP contribution in [0.25, 0.3) is 10.4 Å². The van der Waals surface area contributed by atoms with Gasteiger partial charge >= 0.3 is 0 Å². The lowest BCUT2D eigenvalue weighted by molar-refractivity contribution is 0.0955. The van der Waals surface area contributed by atoms with Gasteiger partial charge in [0.1, 0.15) is 17.4 Å². The zero-order valence-electron chi connectivity index (χ0n) is 20.7. The zero-order valence-corrected chi connectivity index (χ0v) is 21.5. The summed E-state index contributed by atoms with van der Waals surface area (Å²) in [6, 6.07) is 17.1. The van der Waals surface area contributed by atoms with Gasteiger partial charge in [-0.15, -0.1) is 11.3 Å². The highest BCUT2D eigenvalue weighted by atomic mass is 32.1. The average Bonchev–Trinajstić information content (AvgIpc) is 3.39. The highest BCUT2D eigenvalue weighted by Crippen LogP contribution is 2.35. The zero-order chi connectivity index (χ0) is 27.2. The molecule has 0 fully saturated rings. The van der Waals surface area contributed by atoms with E-state index in [-0.39, 0.29) is 35.8 Å². The van der Waals surface area contributed by atoms with Gasteiger partial charge in [0.05, 0.1) is 11.0 Å². The Morgan fingerprint density at radius 3 is 2.42 bits per heavy atom. The number of carbonyl (C=O) groups excluding carboxylic acids is 1. The summed E-state index contributed by atoms with van der Waals surface area (Å²) >= 11 is 1.19. The van der Waals surface area contributed by atoms with Crippen molar-refractivity contribution in [3.8, 4) is 22.4 Å². The SMILES string of the molecule is CC(C)Oc1nc(CCc2ccc(F)cc2)cc(-c2ccc(C(=O)NCc3ccc(F)c(F)c3)s2)c1C#N. The van der Waals surface area contributed by atoms with Crippen LogP contribution in [0, 0.1) is 28.8 Å². The Bertz CT molecular complexity index is 1490. The second kappa shape index (κ2) is 11.9. The predicted octanol–water partition coefficient (Wildman–Crippen LogP) is 6.60. The highest BCUT2D eigenvalue weighted by Gasteiger charge is 2.19. The predicted molar refractivity (Wildman–Crippen MR) is 139 cm³/mol. The summed E-state index contributed by atoms with van der Waals surface area (Å²) in [4.78, 5) is 18.4. The van der Waals surface area contributed by atoms with Crippen LogP contribution in [-0.2, 0) is 19.4 Å². The van der Waals surface area contributed by atoms with Gasteiger partial charge in [0.2, 0.25) is 5.88 Å². The summed E-state index contributed by atoms with van der Waals surface area (Å²) in [7, 11) is 0. The third-order valence-electron chi connectivity index (χ3n) is 5.61. The van der Waals surface area contributed by atoms with E-state index in [0.717, 1.165) is 17.7 Å². The Morgan fingerprint density at radius 2 is 1.74 bits per heavy atom. The highest BCUT2D eigenvalue weighted by molar-refractivity contribution is 7.17. The number of rotatable bonds is 9. The molecule has 0 aliphatic heterocycles. The van der Waals surface area contributed by atoms with Crippen molar-refractivity contribution in [2.45, 2.75) is 39.3 Å². The molecule has 0 aliphatic rings. The van der Waals surface area contributed by atoms with E-state index in [2.05, 4.69) is 16.4 Å². The van der Waals surface area contributed by atoms with Gasteiger partial charge in [-0.05, 0) is 80.3 Å². The first-order valence-corrected chi connectivity index (χ1v) is 12.7. The molecule has 0 saturated heterocycles. The fourth-order valence-corrected chi connectivity index (χ4v) is 4.70. The van der Waals surface area contributed by atoms with E-state index >= 15 is 0 Å².